The molecular weight excluding hydrogens is 256 g/mol. The molecule has 2 nitrogen and oxygen atoms in total. The molecule has 82 valence electrons. The zero-order valence-corrected chi connectivity index (χ0v) is 10.3. The molecule has 1 saturated heterocycles. The lowest BCUT2D eigenvalue weighted by Crippen LogP contribution is -2.11. The average molecular weight is 271 g/mol. The Morgan fingerprint density at radius 3 is 3.00 bits per heavy atom. The summed E-state index contributed by atoms with van der Waals surface area (Å²) in [6.45, 7) is 3.03. The van der Waals surface area contributed by atoms with E-state index < -0.39 is 0 Å². The molecule has 0 aliphatic carbocycles. The highest BCUT2D eigenvalue weighted by Crippen LogP contribution is 2.35. The van der Waals surface area contributed by atoms with E-state index >= 15 is 0 Å². The zero-order chi connectivity index (χ0) is 10.8. The van der Waals surface area contributed by atoms with Crippen LogP contribution in [0.25, 0.3) is 0 Å². The van der Waals surface area contributed by atoms with E-state index in [2.05, 4.69) is 35.0 Å². The zero-order valence-electron chi connectivity index (χ0n) is 8.74. The van der Waals surface area contributed by atoms with Gasteiger partial charge in [-0.1, -0.05) is 28.1 Å². The fourth-order valence-corrected chi connectivity index (χ4v) is 2.28. The molecule has 1 aromatic carbocycles. The van der Waals surface area contributed by atoms with Gasteiger partial charge in [-0.15, -0.1) is 0 Å². The van der Waals surface area contributed by atoms with Crippen LogP contribution in [0, 0.1) is 12.8 Å². The van der Waals surface area contributed by atoms with Crippen LogP contribution < -0.4 is 0 Å². The van der Waals surface area contributed by atoms with Gasteiger partial charge in [-0.25, -0.2) is 0 Å². The van der Waals surface area contributed by atoms with Crippen molar-refractivity contribution in [3.05, 3.63) is 33.8 Å². The first-order valence-electron chi connectivity index (χ1n) is 5.21. The minimum absolute atomic E-state index is 0.0711. The van der Waals surface area contributed by atoms with Gasteiger partial charge in [-0.05, 0) is 30.5 Å². The van der Waals surface area contributed by atoms with E-state index in [0.29, 0.717) is 0 Å². The van der Waals surface area contributed by atoms with Gasteiger partial charge in [0.15, 0.2) is 0 Å². The quantitative estimate of drug-likeness (QED) is 0.896. The Morgan fingerprint density at radius 2 is 2.33 bits per heavy atom. The predicted octanol–water partition coefficient (Wildman–Crippen LogP) is 2.83. The number of aliphatic hydroxyl groups is 1. The lowest BCUT2D eigenvalue weighted by Gasteiger charge is -2.17. The summed E-state index contributed by atoms with van der Waals surface area (Å²) in [4.78, 5) is 0. The molecule has 15 heavy (non-hydrogen) atoms. The van der Waals surface area contributed by atoms with E-state index in [4.69, 9.17) is 4.74 Å². The second-order valence-corrected chi connectivity index (χ2v) is 4.89. The number of aryl methyl sites for hydroxylation is 1. The summed E-state index contributed by atoms with van der Waals surface area (Å²) >= 11 is 3.48. The first-order valence-corrected chi connectivity index (χ1v) is 6.00. The van der Waals surface area contributed by atoms with Crippen molar-refractivity contribution in [1.29, 1.82) is 0 Å². The van der Waals surface area contributed by atoms with Gasteiger partial charge in [0.2, 0.25) is 0 Å². The molecule has 2 rings (SSSR count). The second kappa shape index (κ2) is 4.64. The largest absolute Gasteiger partial charge is 0.396 e. The molecule has 0 spiro atoms. The SMILES string of the molecule is Cc1cc(C2OCCC2CO)ccc1Br. The first-order chi connectivity index (χ1) is 7.22. The van der Waals surface area contributed by atoms with Crippen LogP contribution in [0.3, 0.4) is 0 Å². The van der Waals surface area contributed by atoms with Gasteiger partial charge in [0.25, 0.3) is 0 Å². The molecule has 2 atom stereocenters. The van der Waals surface area contributed by atoms with Crippen molar-refractivity contribution in [2.45, 2.75) is 19.4 Å². The van der Waals surface area contributed by atoms with Crippen LogP contribution in [0.5, 0.6) is 0 Å². The summed E-state index contributed by atoms with van der Waals surface area (Å²) in [6.07, 6.45) is 1.03. The van der Waals surface area contributed by atoms with Crippen molar-refractivity contribution in [2.75, 3.05) is 13.2 Å². The van der Waals surface area contributed by atoms with Crippen LogP contribution in [-0.4, -0.2) is 18.3 Å². The third-order valence-corrected chi connectivity index (χ3v) is 3.85. The topological polar surface area (TPSA) is 29.5 Å². The van der Waals surface area contributed by atoms with Gasteiger partial charge in [-0.2, -0.15) is 0 Å². The third-order valence-electron chi connectivity index (χ3n) is 2.96. The fourth-order valence-electron chi connectivity index (χ4n) is 2.03. The van der Waals surface area contributed by atoms with E-state index in [1.54, 1.807) is 0 Å². The monoisotopic (exact) mass is 270 g/mol. The minimum atomic E-state index is 0.0711. The maximum absolute atomic E-state index is 9.23. The molecule has 1 aliphatic rings. The van der Waals surface area contributed by atoms with Crippen LogP contribution in [0.1, 0.15) is 23.7 Å². The lowest BCUT2D eigenvalue weighted by atomic mass is 9.95. The Balaban J connectivity index is 2.25. The lowest BCUT2D eigenvalue weighted by molar-refractivity contribution is 0.0720. The number of ether oxygens (including phenoxy) is 1. The Bertz CT molecular complexity index is 351. The van der Waals surface area contributed by atoms with Gasteiger partial charge in [0.1, 0.15) is 0 Å². The van der Waals surface area contributed by atoms with E-state index in [1.165, 1.54) is 11.1 Å². The van der Waals surface area contributed by atoms with E-state index in [0.717, 1.165) is 17.5 Å². The molecule has 0 aromatic heterocycles. The first kappa shape index (κ1) is 11.1. The third kappa shape index (κ3) is 2.25. The number of halogens is 1. The number of aliphatic hydroxyl groups excluding tert-OH is 1. The molecule has 0 bridgehead atoms. The number of benzene rings is 1. The Labute approximate surface area is 98.4 Å². The second-order valence-electron chi connectivity index (χ2n) is 4.03. The Hall–Kier alpha value is -0.380. The van der Waals surface area contributed by atoms with Crippen molar-refractivity contribution in [1.82, 2.24) is 0 Å². The smallest absolute Gasteiger partial charge is 0.0875 e. The summed E-state index contributed by atoms with van der Waals surface area (Å²) in [6, 6.07) is 6.24. The number of hydrogen-bond acceptors (Lipinski definition) is 2. The summed E-state index contributed by atoms with van der Waals surface area (Å²) in [5.41, 5.74) is 2.38. The molecule has 2 unspecified atom stereocenters. The van der Waals surface area contributed by atoms with E-state index in [1.807, 2.05) is 6.07 Å². The summed E-state index contributed by atoms with van der Waals surface area (Å²) in [5.74, 6) is 0.255. The molecule has 0 amide bonds. The molecule has 1 fully saturated rings. The molecule has 1 aliphatic heterocycles. The average Bonchev–Trinajstić information content (AvgIpc) is 2.70. The summed E-state index contributed by atoms with van der Waals surface area (Å²) < 4.78 is 6.78. The van der Waals surface area contributed by atoms with Crippen LogP contribution >= 0.6 is 15.9 Å². The summed E-state index contributed by atoms with van der Waals surface area (Å²) in [7, 11) is 0. The van der Waals surface area contributed by atoms with E-state index in [9.17, 15) is 5.11 Å². The molecule has 0 radical (unpaired) electrons. The normalized spacial score (nSPS) is 25.8. The van der Waals surface area contributed by atoms with Crippen molar-refractivity contribution in [3.8, 4) is 0 Å². The maximum atomic E-state index is 9.23. The standard InChI is InChI=1S/C12H15BrO2/c1-8-6-9(2-3-11(8)13)12-10(7-14)4-5-15-12/h2-3,6,10,12,14H,4-5,7H2,1H3. The van der Waals surface area contributed by atoms with Crippen LogP contribution in [-0.2, 0) is 4.74 Å². The van der Waals surface area contributed by atoms with E-state index in [-0.39, 0.29) is 18.6 Å². The van der Waals surface area contributed by atoms with Gasteiger partial charge in [-0.3, -0.25) is 0 Å². The van der Waals surface area contributed by atoms with Crippen LogP contribution in [0.4, 0.5) is 0 Å². The number of hydrogen-bond donors (Lipinski definition) is 1. The highest BCUT2D eigenvalue weighted by Gasteiger charge is 2.28. The van der Waals surface area contributed by atoms with Gasteiger partial charge < -0.3 is 9.84 Å². The van der Waals surface area contributed by atoms with Crippen molar-refractivity contribution >= 4 is 15.9 Å². The van der Waals surface area contributed by atoms with Crippen LogP contribution in [0.2, 0.25) is 0 Å². The van der Waals surface area contributed by atoms with Gasteiger partial charge >= 0.3 is 0 Å². The highest BCUT2D eigenvalue weighted by molar-refractivity contribution is 9.10. The Morgan fingerprint density at radius 1 is 1.53 bits per heavy atom. The fraction of sp³-hybridized carbons (Fsp3) is 0.500. The predicted molar refractivity (Wildman–Crippen MR) is 62.8 cm³/mol. The van der Waals surface area contributed by atoms with Crippen molar-refractivity contribution < 1.29 is 9.84 Å². The van der Waals surface area contributed by atoms with Crippen molar-refractivity contribution in [2.24, 2.45) is 5.92 Å². The molecule has 0 saturated carbocycles. The summed E-state index contributed by atoms with van der Waals surface area (Å²) in [5, 5.41) is 9.23. The maximum Gasteiger partial charge on any atom is 0.0875 e. The van der Waals surface area contributed by atoms with Gasteiger partial charge in [0.05, 0.1) is 6.10 Å². The molecule has 1 N–H and O–H groups in total. The molecule has 3 heteroatoms. The highest BCUT2D eigenvalue weighted by atomic mass is 79.9. The van der Waals surface area contributed by atoms with Gasteiger partial charge in [0, 0.05) is 23.6 Å². The molecule has 1 aromatic rings. The molecular formula is C12H15BrO2. The Kier molecular flexibility index (Phi) is 3.44. The van der Waals surface area contributed by atoms with Crippen LogP contribution in [0.15, 0.2) is 22.7 Å². The number of rotatable bonds is 2. The minimum Gasteiger partial charge on any atom is -0.396 e. The molecule has 1 heterocycles. The van der Waals surface area contributed by atoms with Crippen molar-refractivity contribution in [3.63, 3.8) is 0 Å².